The molecule has 3 aromatic heterocycles. The van der Waals surface area contributed by atoms with Crippen molar-refractivity contribution in [1.82, 2.24) is 29.6 Å². The first kappa shape index (κ1) is 25.8. The molecule has 0 unspecified atom stereocenters. The zero-order chi connectivity index (χ0) is 27.1. The Labute approximate surface area is 220 Å². The molecule has 1 N–H and O–H groups in total. The predicted octanol–water partition coefficient (Wildman–Crippen LogP) is 5.10. The summed E-state index contributed by atoms with van der Waals surface area (Å²) in [5.41, 5.74) is 0.286. The number of alkyl carbamates (subject to hydrolysis) is 1. The largest absolute Gasteiger partial charge is 0.444 e. The van der Waals surface area contributed by atoms with E-state index in [1.54, 1.807) is 40.8 Å². The van der Waals surface area contributed by atoms with E-state index < -0.39 is 17.5 Å². The Hall–Kier alpha value is -3.82. The lowest BCUT2D eigenvalue weighted by atomic mass is 9.91. The van der Waals surface area contributed by atoms with Crippen molar-refractivity contribution in [2.75, 3.05) is 0 Å². The normalized spacial score (nSPS) is 15.3. The Kier molecular flexibility index (Phi) is 6.66. The van der Waals surface area contributed by atoms with Gasteiger partial charge >= 0.3 is 6.09 Å². The highest BCUT2D eigenvalue weighted by atomic mass is 19.1. The van der Waals surface area contributed by atoms with Gasteiger partial charge in [0.05, 0.1) is 10.9 Å². The van der Waals surface area contributed by atoms with Crippen molar-refractivity contribution >= 4 is 27.9 Å². The predicted molar refractivity (Wildman–Crippen MR) is 143 cm³/mol. The van der Waals surface area contributed by atoms with Gasteiger partial charge in [-0.15, -0.1) is 0 Å². The SMILES string of the molecule is Cn1cc2cc(-c3ncc4c(=O)n(CCCC5(NC(=O)OC(C)(C)C)CCCC5)ccc4n3)cc(F)c2n1. The Morgan fingerprint density at radius 3 is 2.74 bits per heavy atom. The lowest BCUT2D eigenvalue weighted by Gasteiger charge is -2.32. The molecular formula is C28H33FN6O3. The Morgan fingerprint density at radius 1 is 1.24 bits per heavy atom. The molecular weight excluding hydrogens is 487 g/mol. The summed E-state index contributed by atoms with van der Waals surface area (Å²) in [7, 11) is 1.74. The van der Waals surface area contributed by atoms with Crippen molar-refractivity contribution in [2.24, 2.45) is 7.05 Å². The molecule has 0 saturated heterocycles. The van der Waals surface area contributed by atoms with Gasteiger partial charge in [-0.2, -0.15) is 5.10 Å². The molecule has 1 fully saturated rings. The van der Waals surface area contributed by atoms with Crippen LogP contribution in [0.15, 0.2) is 41.6 Å². The molecule has 1 aromatic carbocycles. The van der Waals surface area contributed by atoms with Crippen LogP contribution in [0.25, 0.3) is 33.2 Å². The van der Waals surface area contributed by atoms with Crippen molar-refractivity contribution in [1.29, 1.82) is 0 Å². The number of ether oxygens (including phenoxy) is 1. The third kappa shape index (κ3) is 5.39. The molecule has 3 heterocycles. The fourth-order valence-electron chi connectivity index (χ4n) is 5.32. The number of hydrogen-bond donors (Lipinski definition) is 1. The summed E-state index contributed by atoms with van der Waals surface area (Å²) in [6.45, 7) is 6.07. The van der Waals surface area contributed by atoms with Crippen LogP contribution in [0, 0.1) is 5.82 Å². The minimum absolute atomic E-state index is 0.177. The monoisotopic (exact) mass is 520 g/mol. The van der Waals surface area contributed by atoms with E-state index in [9.17, 15) is 14.0 Å². The van der Waals surface area contributed by atoms with Gasteiger partial charge in [0.25, 0.3) is 5.56 Å². The molecule has 38 heavy (non-hydrogen) atoms. The zero-order valence-corrected chi connectivity index (χ0v) is 22.3. The summed E-state index contributed by atoms with van der Waals surface area (Å²) >= 11 is 0. The van der Waals surface area contributed by atoms with Gasteiger partial charge in [-0.25, -0.2) is 19.2 Å². The summed E-state index contributed by atoms with van der Waals surface area (Å²) in [5.74, 6) is -0.103. The van der Waals surface area contributed by atoms with Gasteiger partial charge in [0.15, 0.2) is 11.6 Å². The molecule has 9 nitrogen and oxygen atoms in total. The van der Waals surface area contributed by atoms with Crippen LogP contribution in [0.3, 0.4) is 0 Å². The van der Waals surface area contributed by atoms with Crippen molar-refractivity contribution in [3.05, 3.63) is 53.0 Å². The van der Waals surface area contributed by atoms with Crippen LogP contribution in [-0.2, 0) is 18.3 Å². The van der Waals surface area contributed by atoms with Crippen molar-refractivity contribution < 1.29 is 13.9 Å². The molecule has 4 aromatic rings. The minimum atomic E-state index is -0.552. The number of nitrogens with zero attached hydrogens (tertiary/aromatic N) is 5. The highest BCUT2D eigenvalue weighted by Gasteiger charge is 2.36. The molecule has 0 spiro atoms. The maximum absolute atomic E-state index is 14.6. The van der Waals surface area contributed by atoms with Gasteiger partial charge in [-0.1, -0.05) is 12.8 Å². The fourth-order valence-corrected chi connectivity index (χ4v) is 5.32. The minimum Gasteiger partial charge on any atom is -0.444 e. The number of nitrogens with one attached hydrogen (secondary N) is 1. The van der Waals surface area contributed by atoms with E-state index in [0.29, 0.717) is 39.7 Å². The first-order chi connectivity index (χ1) is 18.0. The number of aromatic nitrogens is 5. The van der Waals surface area contributed by atoms with Crippen LogP contribution in [0.5, 0.6) is 0 Å². The van der Waals surface area contributed by atoms with Gasteiger partial charge < -0.3 is 14.6 Å². The maximum Gasteiger partial charge on any atom is 0.408 e. The van der Waals surface area contributed by atoms with E-state index in [0.717, 1.165) is 38.5 Å². The van der Waals surface area contributed by atoms with Crippen LogP contribution in [0.1, 0.15) is 59.3 Å². The average Bonchev–Trinajstić information content (AvgIpc) is 3.45. The Balaban J connectivity index is 1.31. The second-order valence-corrected chi connectivity index (χ2v) is 11.2. The average molecular weight is 521 g/mol. The van der Waals surface area contributed by atoms with Gasteiger partial charge in [-0.3, -0.25) is 9.48 Å². The van der Waals surface area contributed by atoms with E-state index in [4.69, 9.17) is 4.74 Å². The first-order valence-corrected chi connectivity index (χ1v) is 13.0. The Morgan fingerprint density at radius 2 is 2.00 bits per heavy atom. The topological polar surface area (TPSA) is 104 Å². The number of carbonyl (C=O) groups is 1. The van der Waals surface area contributed by atoms with Crippen LogP contribution in [0.4, 0.5) is 9.18 Å². The summed E-state index contributed by atoms with van der Waals surface area (Å²) in [5, 5.41) is 8.31. The van der Waals surface area contributed by atoms with Gasteiger partial charge in [0.1, 0.15) is 11.1 Å². The molecule has 0 atom stereocenters. The number of carbonyl (C=O) groups excluding carboxylic acids is 1. The lowest BCUT2D eigenvalue weighted by Crippen LogP contribution is -2.48. The number of benzene rings is 1. The number of halogens is 1. The molecule has 200 valence electrons. The summed E-state index contributed by atoms with van der Waals surface area (Å²) in [4.78, 5) is 34.5. The molecule has 0 aliphatic heterocycles. The molecule has 1 saturated carbocycles. The van der Waals surface area contributed by atoms with Gasteiger partial charge in [-0.05, 0) is 64.7 Å². The Bertz CT molecular complexity index is 1560. The quantitative estimate of drug-likeness (QED) is 0.379. The van der Waals surface area contributed by atoms with Crippen LogP contribution in [0.2, 0.25) is 0 Å². The van der Waals surface area contributed by atoms with Crippen molar-refractivity contribution in [2.45, 2.75) is 77.0 Å². The molecule has 0 bridgehead atoms. The van der Waals surface area contributed by atoms with E-state index >= 15 is 0 Å². The number of rotatable bonds is 6. The first-order valence-electron chi connectivity index (χ1n) is 13.0. The number of pyridine rings is 1. The third-order valence-corrected chi connectivity index (χ3v) is 7.04. The molecule has 1 aliphatic carbocycles. The van der Waals surface area contributed by atoms with E-state index in [-0.39, 0.29) is 11.1 Å². The number of amides is 1. The fraction of sp³-hybridized carbons (Fsp3) is 0.464. The summed E-state index contributed by atoms with van der Waals surface area (Å²) in [6, 6.07) is 4.94. The van der Waals surface area contributed by atoms with E-state index in [1.807, 2.05) is 20.8 Å². The summed E-state index contributed by atoms with van der Waals surface area (Å²) in [6.07, 6.45) is 9.99. The third-order valence-electron chi connectivity index (χ3n) is 7.04. The molecule has 5 rings (SSSR count). The molecule has 0 radical (unpaired) electrons. The second-order valence-electron chi connectivity index (χ2n) is 11.2. The lowest BCUT2D eigenvalue weighted by molar-refractivity contribution is 0.0448. The smallest absolute Gasteiger partial charge is 0.408 e. The highest BCUT2D eigenvalue weighted by molar-refractivity contribution is 5.85. The van der Waals surface area contributed by atoms with Crippen molar-refractivity contribution in [3.8, 4) is 11.4 Å². The highest BCUT2D eigenvalue weighted by Crippen LogP contribution is 2.34. The van der Waals surface area contributed by atoms with Crippen LogP contribution in [-0.4, -0.2) is 41.5 Å². The van der Waals surface area contributed by atoms with Crippen LogP contribution >= 0.6 is 0 Å². The van der Waals surface area contributed by atoms with E-state index in [1.165, 1.54) is 12.3 Å². The standard InChI is InChI=1S/C28H33FN6O3/c1-27(2,3)38-26(37)32-28(9-5-6-10-28)11-7-12-35-13-8-22-20(25(35)36)16-30-24(31-22)18-14-19-17-34(4)33-23(19)21(29)15-18/h8,13-17H,5-7,9-12H2,1-4H3,(H,32,37). The number of hydrogen-bond acceptors (Lipinski definition) is 6. The summed E-state index contributed by atoms with van der Waals surface area (Å²) < 4.78 is 23.3. The second kappa shape index (κ2) is 9.81. The maximum atomic E-state index is 14.6. The van der Waals surface area contributed by atoms with Crippen LogP contribution < -0.4 is 10.9 Å². The van der Waals surface area contributed by atoms with Gasteiger partial charge in [0.2, 0.25) is 0 Å². The number of aryl methyl sites for hydroxylation is 2. The van der Waals surface area contributed by atoms with E-state index in [2.05, 4.69) is 20.4 Å². The van der Waals surface area contributed by atoms with Gasteiger partial charge in [0, 0.05) is 48.7 Å². The van der Waals surface area contributed by atoms with Crippen molar-refractivity contribution in [3.63, 3.8) is 0 Å². The molecule has 1 amide bonds. The molecule has 10 heteroatoms. The zero-order valence-electron chi connectivity index (χ0n) is 22.3. The molecule has 1 aliphatic rings. The number of fused-ring (bicyclic) bond motifs is 2.